The molecule has 2 atom stereocenters. The molecular formula is C14H29ClN2O. The maximum atomic E-state index is 12.0. The highest BCUT2D eigenvalue weighted by Crippen LogP contribution is 2.39. The van der Waals surface area contributed by atoms with E-state index < -0.39 is 0 Å². The number of hydrogen-bond donors (Lipinski definition) is 2. The van der Waals surface area contributed by atoms with E-state index in [2.05, 4.69) is 33.0 Å². The number of hydrogen-bond acceptors (Lipinski definition) is 2. The first-order valence-corrected chi connectivity index (χ1v) is 6.88. The molecule has 2 unspecified atom stereocenters. The van der Waals surface area contributed by atoms with Gasteiger partial charge in [0.1, 0.15) is 0 Å². The molecule has 0 radical (unpaired) electrons. The van der Waals surface area contributed by atoms with Crippen molar-refractivity contribution in [3.05, 3.63) is 0 Å². The zero-order valence-electron chi connectivity index (χ0n) is 12.2. The predicted octanol–water partition coefficient (Wildman–Crippen LogP) is 2.72. The number of amides is 1. The molecule has 1 amide bonds. The maximum absolute atomic E-state index is 12.0. The number of nitrogens with two attached hydrogens (primary N) is 1. The molecule has 1 aliphatic rings. The monoisotopic (exact) mass is 276 g/mol. The fraction of sp³-hybridized carbons (Fsp3) is 0.929. The van der Waals surface area contributed by atoms with Crippen molar-refractivity contribution in [1.29, 1.82) is 0 Å². The van der Waals surface area contributed by atoms with Gasteiger partial charge in [0.25, 0.3) is 0 Å². The van der Waals surface area contributed by atoms with Gasteiger partial charge in [-0.05, 0) is 43.9 Å². The van der Waals surface area contributed by atoms with Crippen LogP contribution in [0.3, 0.4) is 0 Å². The summed E-state index contributed by atoms with van der Waals surface area (Å²) < 4.78 is 0. The van der Waals surface area contributed by atoms with Crippen molar-refractivity contribution in [3.63, 3.8) is 0 Å². The summed E-state index contributed by atoms with van der Waals surface area (Å²) in [6.07, 6.45) is 4.14. The molecule has 0 bridgehead atoms. The van der Waals surface area contributed by atoms with Crippen molar-refractivity contribution < 1.29 is 4.79 Å². The Labute approximate surface area is 118 Å². The summed E-state index contributed by atoms with van der Waals surface area (Å²) in [7, 11) is 0. The molecule has 1 rings (SSSR count). The van der Waals surface area contributed by atoms with Crippen LogP contribution in [0.1, 0.15) is 53.4 Å². The van der Waals surface area contributed by atoms with Crippen LogP contribution in [0.25, 0.3) is 0 Å². The average molecular weight is 277 g/mol. The van der Waals surface area contributed by atoms with Gasteiger partial charge < -0.3 is 11.1 Å². The lowest BCUT2D eigenvalue weighted by Crippen LogP contribution is -2.53. The molecule has 0 aromatic carbocycles. The minimum absolute atomic E-state index is 0. The molecule has 0 saturated heterocycles. The summed E-state index contributed by atoms with van der Waals surface area (Å²) in [5.74, 6) is 1.87. The van der Waals surface area contributed by atoms with Gasteiger partial charge in [-0.3, -0.25) is 4.79 Å². The topological polar surface area (TPSA) is 55.1 Å². The largest absolute Gasteiger partial charge is 0.349 e. The van der Waals surface area contributed by atoms with Gasteiger partial charge in [-0.2, -0.15) is 0 Å². The van der Waals surface area contributed by atoms with Crippen LogP contribution in [0.15, 0.2) is 0 Å². The van der Waals surface area contributed by atoms with Crippen molar-refractivity contribution in [2.75, 3.05) is 6.54 Å². The van der Waals surface area contributed by atoms with Crippen LogP contribution >= 0.6 is 12.4 Å². The Bertz CT molecular complexity index is 267. The number of rotatable bonds is 7. The van der Waals surface area contributed by atoms with E-state index in [9.17, 15) is 4.79 Å². The molecule has 1 aliphatic carbocycles. The lowest BCUT2D eigenvalue weighted by atomic mass is 9.93. The Balaban J connectivity index is 0.00000289. The maximum Gasteiger partial charge on any atom is 0.220 e. The smallest absolute Gasteiger partial charge is 0.220 e. The molecule has 0 aliphatic heterocycles. The molecule has 3 nitrogen and oxygen atoms in total. The molecular weight excluding hydrogens is 248 g/mol. The second kappa shape index (κ2) is 7.34. The number of carbonyl (C=O) groups is 1. The van der Waals surface area contributed by atoms with Crippen LogP contribution in [0.5, 0.6) is 0 Å². The lowest BCUT2D eigenvalue weighted by molar-refractivity contribution is -0.123. The number of halogens is 1. The highest BCUT2D eigenvalue weighted by atomic mass is 35.5. The summed E-state index contributed by atoms with van der Waals surface area (Å²) in [5.41, 5.74) is 5.62. The van der Waals surface area contributed by atoms with E-state index in [0.29, 0.717) is 30.7 Å². The van der Waals surface area contributed by atoms with E-state index in [0.717, 1.165) is 6.42 Å². The van der Waals surface area contributed by atoms with Crippen molar-refractivity contribution in [1.82, 2.24) is 5.32 Å². The first-order chi connectivity index (χ1) is 7.87. The van der Waals surface area contributed by atoms with Gasteiger partial charge in [-0.15, -0.1) is 12.4 Å². The molecule has 0 heterocycles. The van der Waals surface area contributed by atoms with Crippen molar-refractivity contribution in [2.45, 2.75) is 58.9 Å². The second-order valence-corrected chi connectivity index (χ2v) is 6.38. The molecule has 18 heavy (non-hydrogen) atoms. The minimum atomic E-state index is -0.172. The van der Waals surface area contributed by atoms with Gasteiger partial charge in [-0.1, -0.05) is 20.8 Å². The summed E-state index contributed by atoms with van der Waals surface area (Å²) >= 11 is 0. The third-order valence-corrected chi connectivity index (χ3v) is 3.74. The third kappa shape index (κ3) is 5.57. The van der Waals surface area contributed by atoms with Gasteiger partial charge in [0.05, 0.1) is 5.54 Å². The van der Waals surface area contributed by atoms with E-state index in [-0.39, 0.29) is 23.9 Å². The Kier molecular flexibility index (Phi) is 7.23. The fourth-order valence-electron chi connectivity index (χ4n) is 2.61. The van der Waals surface area contributed by atoms with Gasteiger partial charge in [0.2, 0.25) is 5.91 Å². The van der Waals surface area contributed by atoms with Crippen LogP contribution in [0, 0.1) is 17.8 Å². The summed E-state index contributed by atoms with van der Waals surface area (Å²) in [6, 6.07) is 0. The fourth-order valence-corrected chi connectivity index (χ4v) is 2.61. The van der Waals surface area contributed by atoms with Crippen LogP contribution in [-0.4, -0.2) is 18.0 Å². The average Bonchev–Trinajstić information content (AvgIpc) is 2.98. The minimum Gasteiger partial charge on any atom is -0.349 e. The zero-order chi connectivity index (χ0) is 13.1. The Morgan fingerprint density at radius 2 is 1.94 bits per heavy atom. The molecule has 1 fully saturated rings. The third-order valence-electron chi connectivity index (χ3n) is 3.74. The number of carbonyl (C=O) groups excluding carboxylic acids is 1. The molecule has 108 valence electrons. The van der Waals surface area contributed by atoms with E-state index in [1.807, 2.05) is 0 Å². The Morgan fingerprint density at radius 3 is 2.33 bits per heavy atom. The first kappa shape index (κ1) is 17.7. The van der Waals surface area contributed by atoms with Gasteiger partial charge in [0, 0.05) is 13.0 Å². The quantitative estimate of drug-likeness (QED) is 0.751. The lowest BCUT2D eigenvalue weighted by Gasteiger charge is -2.30. The van der Waals surface area contributed by atoms with Crippen LogP contribution in [0.2, 0.25) is 0 Å². The second-order valence-electron chi connectivity index (χ2n) is 6.38. The van der Waals surface area contributed by atoms with Gasteiger partial charge in [-0.25, -0.2) is 0 Å². The van der Waals surface area contributed by atoms with Crippen molar-refractivity contribution in [2.24, 2.45) is 23.5 Å². The summed E-state index contributed by atoms with van der Waals surface area (Å²) in [6.45, 7) is 9.17. The Hall–Kier alpha value is -0.280. The standard InChI is InChI=1S/C14H28N2O.ClH/c1-10(2)7-11(3)8-13(17)16-14(4,9-15)12-5-6-12;/h10-12H,5-9,15H2,1-4H3,(H,16,17);1H. The van der Waals surface area contributed by atoms with E-state index in [1.54, 1.807) is 0 Å². The van der Waals surface area contributed by atoms with Crippen LogP contribution in [-0.2, 0) is 4.79 Å². The predicted molar refractivity (Wildman–Crippen MR) is 78.8 cm³/mol. The Morgan fingerprint density at radius 1 is 1.39 bits per heavy atom. The highest BCUT2D eigenvalue weighted by Gasteiger charge is 2.41. The highest BCUT2D eigenvalue weighted by molar-refractivity contribution is 5.85. The zero-order valence-corrected chi connectivity index (χ0v) is 13.0. The van der Waals surface area contributed by atoms with Crippen LogP contribution < -0.4 is 11.1 Å². The van der Waals surface area contributed by atoms with Gasteiger partial charge >= 0.3 is 0 Å². The van der Waals surface area contributed by atoms with E-state index in [1.165, 1.54) is 12.8 Å². The van der Waals surface area contributed by atoms with Crippen molar-refractivity contribution >= 4 is 18.3 Å². The molecule has 3 N–H and O–H groups in total. The van der Waals surface area contributed by atoms with E-state index in [4.69, 9.17) is 5.73 Å². The molecule has 4 heteroatoms. The molecule has 0 spiro atoms. The SMILES string of the molecule is CC(C)CC(C)CC(=O)NC(C)(CN)C1CC1.Cl. The number of nitrogens with one attached hydrogen (secondary N) is 1. The molecule has 0 aromatic heterocycles. The normalized spacial score (nSPS) is 19.9. The first-order valence-electron chi connectivity index (χ1n) is 6.88. The van der Waals surface area contributed by atoms with E-state index >= 15 is 0 Å². The van der Waals surface area contributed by atoms with Crippen LogP contribution in [0.4, 0.5) is 0 Å². The molecule has 1 saturated carbocycles. The molecule has 0 aromatic rings. The summed E-state index contributed by atoms with van der Waals surface area (Å²) in [4.78, 5) is 12.0. The van der Waals surface area contributed by atoms with Crippen molar-refractivity contribution in [3.8, 4) is 0 Å². The van der Waals surface area contributed by atoms with Gasteiger partial charge in [0.15, 0.2) is 0 Å². The summed E-state index contributed by atoms with van der Waals surface area (Å²) in [5, 5.41) is 3.15.